The van der Waals surface area contributed by atoms with Crippen molar-refractivity contribution >= 4 is 23.2 Å². The number of hydrogen-bond donors (Lipinski definition) is 0. The summed E-state index contributed by atoms with van der Waals surface area (Å²) in [4.78, 5) is 16.2. The van der Waals surface area contributed by atoms with Crippen LogP contribution < -0.4 is 4.90 Å². The number of piperazine rings is 1. The Labute approximate surface area is 132 Å². The fourth-order valence-electron chi connectivity index (χ4n) is 2.66. The maximum Gasteiger partial charge on any atom is 0.273 e. The highest BCUT2D eigenvalue weighted by Gasteiger charge is 2.26. The summed E-state index contributed by atoms with van der Waals surface area (Å²) in [6, 6.07) is 6.68. The van der Waals surface area contributed by atoms with Crippen LogP contribution in [0.15, 0.2) is 30.5 Å². The highest BCUT2D eigenvalue weighted by Crippen LogP contribution is 2.22. The minimum atomic E-state index is -0.239. The summed E-state index contributed by atoms with van der Waals surface area (Å²) in [6.45, 7) is 2.22. The van der Waals surface area contributed by atoms with E-state index in [-0.39, 0.29) is 11.7 Å². The SMILES string of the molecule is Cn1ncc(Cl)c1C(=O)N1CCN(c2ccccc2F)CC1. The number of para-hydroxylation sites is 1. The van der Waals surface area contributed by atoms with Gasteiger partial charge in [-0.05, 0) is 12.1 Å². The van der Waals surface area contributed by atoms with Gasteiger partial charge in [0, 0.05) is 33.2 Å². The molecule has 2 heterocycles. The van der Waals surface area contributed by atoms with E-state index in [1.165, 1.54) is 16.9 Å². The third-order valence-corrected chi connectivity index (χ3v) is 4.13. The van der Waals surface area contributed by atoms with Crippen molar-refractivity contribution in [3.05, 3.63) is 47.0 Å². The lowest BCUT2D eigenvalue weighted by Crippen LogP contribution is -2.49. The van der Waals surface area contributed by atoms with Gasteiger partial charge in [0.05, 0.1) is 16.9 Å². The molecule has 7 heteroatoms. The predicted octanol–water partition coefficient (Wildman–Crippen LogP) is 2.17. The normalized spacial score (nSPS) is 15.2. The van der Waals surface area contributed by atoms with Gasteiger partial charge in [-0.15, -0.1) is 0 Å². The first kappa shape index (κ1) is 14.8. The molecule has 1 fully saturated rings. The van der Waals surface area contributed by atoms with Crippen LogP contribution in [0.5, 0.6) is 0 Å². The standard InChI is InChI=1S/C15H16ClFN4O/c1-19-14(11(16)10-18-19)15(22)21-8-6-20(7-9-21)13-5-3-2-4-12(13)17/h2-5,10H,6-9H2,1H3. The molecule has 0 radical (unpaired) electrons. The first-order chi connectivity index (χ1) is 10.6. The Kier molecular flexibility index (Phi) is 4.02. The molecule has 0 saturated carbocycles. The number of amides is 1. The van der Waals surface area contributed by atoms with Crippen LogP contribution in [0.3, 0.4) is 0 Å². The Hall–Kier alpha value is -2.08. The molecule has 1 aromatic heterocycles. The molecule has 0 bridgehead atoms. The van der Waals surface area contributed by atoms with Crippen molar-refractivity contribution in [1.82, 2.24) is 14.7 Å². The summed E-state index contributed by atoms with van der Waals surface area (Å²) < 4.78 is 15.3. The van der Waals surface area contributed by atoms with Gasteiger partial charge in [-0.2, -0.15) is 5.10 Å². The molecule has 1 saturated heterocycles. The van der Waals surface area contributed by atoms with Crippen molar-refractivity contribution in [1.29, 1.82) is 0 Å². The van der Waals surface area contributed by atoms with Crippen LogP contribution in [0.4, 0.5) is 10.1 Å². The average molecular weight is 323 g/mol. The molecule has 116 valence electrons. The summed E-state index contributed by atoms with van der Waals surface area (Å²) in [6.07, 6.45) is 1.46. The maximum absolute atomic E-state index is 13.8. The first-order valence-corrected chi connectivity index (χ1v) is 7.42. The molecule has 0 N–H and O–H groups in total. The number of aryl methyl sites for hydroxylation is 1. The molecule has 3 rings (SSSR count). The van der Waals surface area contributed by atoms with Gasteiger partial charge in [-0.1, -0.05) is 23.7 Å². The molecular weight excluding hydrogens is 307 g/mol. The zero-order chi connectivity index (χ0) is 15.7. The molecule has 1 aliphatic heterocycles. The van der Waals surface area contributed by atoms with Crippen LogP contribution >= 0.6 is 11.6 Å². The minimum absolute atomic E-state index is 0.141. The Morgan fingerprint density at radius 2 is 1.91 bits per heavy atom. The number of halogens is 2. The van der Waals surface area contributed by atoms with E-state index in [0.29, 0.717) is 42.6 Å². The second-order valence-corrected chi connectivity index (χ2v) is 5.60. The van der Waals surface area contributed by atoms with Gasteiger partial charge in [0.2, 0.25) is 0 Å². The van der Waals surface area contributed by atoms with E-state index in [1.54, 1.807) is 24.1 Å². The lowest BCUT2D eigenvalue weighted by atomic mass is 10.2. The predicted molar refractivity (Wildman–Crippen MR) is 82.7 cm³/mol. The zero-order valence-electron chi connectivity index (χ0n) is 12.2. The van der Waals surface area contributed by atoms with Gasteiger partial charge in [0.15, 0.2) is 0 Å². The Morgan fingerprint density at radius 3 is 2.50 bits per heavy atom. The number of nitrogens with zero attached hydrogens (tertiary/aromatic N) is 4. The number of rotatable bonds is 2. The second kappa shape index (κ2) is 5.96. The molecule has 1 aliphatic rings. The summed E-state index contributed by atoms with van der Waals surface area (Å²) in [5.74, 6) is -0.380. The topological polar surface area (TPSA) is 41.4 Å². The molecule has 0 spiro atoms. The number of carbonyl (C=O) groups excluding carboxylic acids is 1. The van der Waals surface area contributed by atoms with Crippen molar-refractivity contribution in [3.63, 3.8) is 0 Å². The molecule has 5 nitrogen and oxygen atoms in total. The lowest BCUT2D eigenvalue weighted by Gasteiger charge is -2.36. The summed E-state index contributed by atoms with van der Waals surface area (Å²) in [5, 5.41) is 4.33. The van der Waals surface area contributed by atoms with E-state index in [2.05, 4.69) is 5.10 Å². The van der Waals surface area contributed by atoms with Gasteiger partial charge < -0.3 is 9.80 Å². The van der Waals surface area contributed by atoms with Crippen molar-refractivity contribution in [3.8, 4) is 0 Å². The molecule has 0 atom stereocenters. The molecule has 1 amide bonds. The van der Waals surface area contributed by atoms with Crippen molar-refractivity contribution in [2.75, 3.05) is 31.1 Å². The summed E-state index contributed by atoms with van der Waals surface area (Å²) in [7, 11) is 1.69. The Morgan fingerprint density at radius 1 is 1.23 bits per heavy atom. The van der Waals surface area contributed by atoms with E-state index in [1.807, 2.05) is 11.0 Å². The van der Waals surface area contributed by atoms with Gasteiger partial charge in [0.25, 0.3) is 5.91 Å². The van der Waals surface area contributed by atoms with E-state index >= 15 is 0 Å². The first-order valence-electron chi connectivity index (χ1n) is 7.04. The lowest BCUT2D eigenvalue weighted by molar-refractivity contribution is 0.0735. The quantitative estimate of drug-likeness (QED) is 0.851. The fourth-order valence-corrected chi connectivity index (χ4v) is 2.91. The maximum atomic E-state index is 13.8. The van der Waals surface area contributed by atoms with E-state index < -0.39 is 0 Å². The Balaban J connectivity index is 1.70. The number of benzene rings is 1. The summed E-state index contributed by atoms with van der Waals surface area (Å²) >= 11 is 6.01. The number of anilines is 1. The monoisotopic (exact) mass is 322 g/mol. The van der Waals surface area contributed by atoms with Crippen LogP contribution in [-0.2, 0) is 7.05 Å². The van der Waals surface area contributed by atoms with Gasteiger partial charge in [-0.25, -0.2) is 4.39 Å². The summed E-state index contributed by atoms with van der Waals surface area (Å²) in [5.41, 5.74) is 0.967. The van der Waals surface area contributed by atoms with Gasteiger partial charge in [-0.3, -0.25) is 9.48 Å². The van der Waals surface area contributed by atoms with Crippen LogP contribution in [0.25, 0.3) is 0 Å². The van der Waals surface area contributed by atoms with Crippen LogP contribution in [0.2, 0.25) is 5.02 Å². The molecule has 1 aromatic carbocycles. The minimum Gasteiger partial charge on any atom is -0.366 e. The van der Waals surface area contributed by atoms with Gasteiger partial charge >= 0.3 is 0 Å². The van der Waals surface area contributed by atoms with E-state index in [9.17, 15) is 9.18 Å². The van der Waals surface area contributed by atoms with Crippen molar-refractivity contribution < 1.29 is 9.18 Å². The zero-order valence-corrected chi connectivity index (χ0v) is 12.9. The highest BCUT2D eigenvalue weighted by atomic mass is 35.5. The molecule has 0 unspecified atom stereocenters. The van der Waals surface area contributed by atoms with Crippen molar-refractivity contribution in [2.45, 2.75) is 0 Å². The van der Waals surface area contributed by atoms with Crippen molar-refractivity contribution in [2.24, 2.45) is 7.05 Å². The third kappa shape index (κ3) is 2.66. The number of aromatic nitrogens is 2. The smallest absolute Gasteiger partial charge is 0.273 e. The largest absolute Gasteiger partial charge is 0.366 e. The van der Waals surface area contributed by atoms with Crippen LogP contribution in [0, 0.1) is 5.82 Å². The van der Waals surface area contributed by atoms with E-state index in [4.69, 9.17) is 11.6 Å². The molecular formula is C15H16ClFN4O. The Bertz CT molecular complexity index is 675. The second-order valence-electron chi connectivity index (χ2n) is 5.20. The highest BCUT2D eigenvalue weighted by molar-refractivity contribution is 6.33. The molecule has 0 aliphatic carbocycles. The van der Waals surface area contributed by atoms with Crippen LogP contribution in [0.1, 0.15) is 10.5 Å². The van der Waals surface area contributed by atoms with E-state index in [0.717, 1.165) is 0 Å². The third-order valence-electron chi connectivity index (χ3n) is 3.86. The van der Waals surface area contributed by atoms with Crippen LogP contribution in [-0.4, -0.2) is 46.8 Å². The molecule has 2 aromatic rings. The fraction of sp³-hybridized carbons (Fsp3) is 0.333. The average Bonchev–Trinajstić information content (AvgIpc) is 2.86. The molecule has 22 heavy (non-hydrogen) atoms. The number of carbonyl (C=O) groups is 1. The number of hydrogen-bond acceptors (Lipinski definition) is 3. The van der Waals surface area contributed by atoms with Gasteiger partial charge in [0.1, 0.15) is 11.5 Å².